The number of rotatable bonds is 5. The minimum atomic E-state index is -0.0420. The maximum Gasteiger partial charge on any atom is 0.306 e. The van der Waals surface area contributed by atoms with Gasteiger partial charge in [-0.2, -0.15) is 0 Å². The van der Waals surface area contributed by atoms with E-state index in [4.69, 9.17) is 9.47 Å². The van der Waals surface area contributed by atoms with Crippen LogP contribution >= 0.6 is 0 Å². The number of unbranched alkanes of at least 4 members (excludes halogenated alkanes) is 2. The molecular formula is C11H18O3. The molecule has 0 radical (unpaired) electrons. The van der Waals surface area contributed by atoms with Crippen LogP contribution in [0.2, 0.25) is 0 Å². The molecule has 3 heteroatoms. The summed E-state index contributed by atoms with van der Waals surface area (Å²) in [5.41, 5.74) is 0. The van der Waals surface area contributed by atoms with Gasteiger partial charge in [0, 0.05) is 6.42 Å². The fraction of sp³-hybridized carbons (Fsp3) is 0.909. The highest BCUT2D eigenvalue weighted by Crippen LogP contribution is 2.40. The van der Waals surface area contributed by atoms with Crippen LogP contribution in [0.5, 0.6) is 0 Å². The summed E-state index contributed by atoms with van der Waals surface area (Å²) in [7, 11) is 0. The van der Waals surface area contributed by atoms with Gasteiger partial charge in [-0.25, -0.2) is 0 Å². The highest BCUT2D eigenvalue weighted by Gasteiger charge is 2.52. The Bertz CT molecular complexity index is 215. The van der Waals surface area contributed by atoms with E-state index in [1.54, 1.807) is 0 Å². The molecule has 80 valence electrons. The molecule has 2 rings (SSSR count). The first kappa shape index (κ1) is 9.97. The Hall–Kier alpha value is -0.570. The number of hydrogen-bond donors (Lipinski definition) is 0. The number of fused-ring (bicyclic) bond motifs is 1. The highest BCUT2D eigenvalue weighted by molar-refractivity contribution is 5.69. The summed E-state index contributed by atoms with van der Waals surface area (Å²) in [6.07, 6.45) is 6.56. The van der Waals surface area contributed by atoms with Gasteiger partial charge in [0.25, 0.3) is 0 Å². The normalized spacial score (nSPS) is 33.9. The lowest BCUT2D eigenvalue weighted by Gasteiger charge is -2.12. The Kier molecular flexibility index (Phi) is 3.06. The van der Waals surface area contributed by atoms with E-state index in [-0.39, 0.29) is 18.2 Å². The zero-order valence-corrected chi connectivity index (χ0v) is 8.70. The van der Waals surface area contributed by atoms with Gasteiger partial charge in [0.2, 0.25) is 0 Å². The molecule has 0 bridgehead atoms. The molecule has 1 saturated heterocycles. The van der Waals surface area contributed by atoms with E-state index in [2.05, 4.69) is 6.92 Å². The van der Waals surface area contributed by atoms with Gasteiger partial charge in [-0.15, -0.1) is 0 Å². The molecule has 2 fully saturated rings. The maximum absolute atomic E-state index is 11.4. The average Bonchev–Trinajstić information content (AvgIpc) is 2.85. The Morgan fingerprint density at radius 1 is 1.43 bits per heavy atom. The molecule has 3 nitrogen and oxygen atoms in total. The molecule has 0 amide bonds. The summed E-state index contributed by atoms with van der Waals surface area (Å²) in [6, 6.07) is 0. The van der Waals surface area contributed by atoms with E-state index in [1.165, 1.54) is 0 Å². The van der Waals surface area contributed by atoms with Crippen LogP contribution in [0.15, 0.2) is 0 Å². The zero-order valence-electron chi connectivity index (χ0n) is 8.70. The molecule has 1 heterocycles. The van der Waals surface area contributed by atoms with Gasteiger partial charge in [-0.1, -0.05) is 19.8 Å². The lowest BCUT2D eigenvalue weighted by molar-refractivity contribution is -0.150. The Balaban J connectivity index is 1.62. The molecule has 2 aliphatic rings. The van der Waals surface area contributed by atoms with Crippen LogP contribution < -0.4 is 0 Å². The monoisotopic (exact) mass is 198 g/mol. The Morgan fingerprint density at radius 3 is 2.86 bits per heavy atom. The molecule has 14 heavy (non-hydrogen) atoms. The number of esters is 1. The summed E-state index contributed by atoms with van der Waals surface area (Å²) in [6.45, 7) is 2.13. The molecule has 1 aliphatic heterocycles. The molecule has 0 aromatic rings. The molecule has 0 N–H and O–H groups in total. The first-order chi connectivity index (χ1) is 6.81. The third-order valence-corrected chi connectivity index (χ3v) is 2.99. The second-order valence-electron chi connectivity index (χ2n) is 4.20. The van der Waals surface area contributed by atoms with E-state index in [0.717, 1.165) is 32.1 Å². The lowest BCUT2D eigenvalue weighted by Crippen LogP contribution is -2.20. The fourth-order valence-electron chi connectivity index (χ4n) is 2.08. The van der Waals surface area contributed by atoms with Crippen LogP contribution in [0.3, 0.4) is 0 Å². The van der Waals surface area contributed by atoms with Crippen molar-refractivity contribution in [2.24, 2.45) is 0 Å². The van der Waals surface area contributed by atoms with Crippen molar-refractivity contribution in [3.8, 4) is 0 Å². The Morgan fingerprint density at radius 2 is 2.29 bits per heavy atom. The molecule has 1 aliphatic carbocycles. The molecule has 3 atom stereocenters. The third-order valence-electron chi connectivity index (χ3n) is 2.99. The van der Waals surface area contributed by atoms with Crippen molar-refractivity contribution in [3.05, 3.63) is 0 Å². The van der Waals surface area contributed by atoms with E-state index in [1.807, 2.05) is 0 Å². The van der Waals surface area contributed by atoms with Gasteiger partial charge in [0.15, 0.2) is 0 Å². The van der Waals surface area contributed by atoms with E-state index in [9.17, 15) is 4.79 Å². The summed E-state index contributed by atoms with van der Waals surface area (Å²) in [4.78, 5) is 11.4. The largest absolute Gasteiger partial charge is 0.459 e. The number of hydrogen-bond acceptors (Lipinski definition) is 3. The van der Waals surface area contributed by atoms with Crippen molar-refractivity contribution in [3.63, 3.8) is 0 Å². The van der Waals surface area contributed by atoms with Gasteiger partial charge >= 0.3 is 5.97 Å². The van der Waals surface area contributed by atoms with Crippen LogP contribution in [0.4, 0.5) is 0 Å². The van der Waals surface area contributed by atoms with Gasteiger partial charge in [-0.3, -0.25) is 4.79 Å². The number of carbonyl (C=O) groups is 1. The number of ether oxygens (including phenoxy) is 2. The molecule has 1 saturated carbocycles. The molecule has 0 aromatic heterocycles. The van der Waals surface area contributed by atoms with E-state index >= 15 is 0 Å². The van der Waals surface area contributed by atoms with Gasteiger partial charge in [0.1, 0.15) is 12.2 Å². The van der Waals surface area contributed by atoms with Crippen molar-refractivity contribution >= 4 is 5.97 Å². The van der Waals surface area contributed by atoms with E-state index in [0.29, 0.717) is 12.5 Å². The average molecular weight is 198 g/mol. The second-order valence-corrected chi connectivity index (χ2v) is 4.20. The first-order valence-electron chi connectivity index (χ1n) is 5.66. The topological polar surface area (TPSA) is 38.8 Å². The summed E-state index contributed by atoms with van der Waals surface area (Å²) >= 11 is 0. The van der Waals surface area contributed by atoms with Crippen molar-refractivity contribution < 1.29 is 14.3 Å². The quantitative estimate of drug-likeness (QED) is 0.385. The number of epoxide rings is 1. The lowest BCUT2D eigenvalue weighted by atomic mass is 10.2. The smallest absolute Gasteiger partial charge is 0.306 e. The van der Waals surface area contributed by atoms with Crippen LogP contribution in [-0.2, 0) is 14.3 Å². The van der Waals surface area contributed by atoms with E-state index < -0.39 is 0 Å². The molecule has 0 spiro atoms. The molecular weight excluding hydrogens is 180 g/mol. The SMILES string of the molecule is CCCCCC(=O)OC1CCC2OC12. The Labute approximate surface area is 84.8 Å². The van der Waals surface area contributed by atoms with Gasteiger partial charge in [0.05, 0.1) is 6.10 Å². The summed E-state index contributed by atoms with van der Waals surface area (Å²) in [5.74, 6) is -0.0420. The first-order valence-corrected chi connectivity index (χ1v) is 5.66. The maximum atomic E-state index is 11.4. The van der Waals surface area contributed by atoms with Crippen LogP contribution in [0.1, 0.15) is 45.4 Å². The van der Waals surface area contributed by atoms with Crippen molar-refractivity contribution in [2.45, 2.75) is 63.8 Å². The second kappa shape index (κ2) is 4.30. The van der Waals surface area contributed by atoms with Gasteiger partial charge < -0.3 is 9.47 Å². The number of carbonyl (C=O) groups excluding carboxylic acids is 1. The van der Waals surface area contributed by atoms with Crippen molar-refractivity contribution in [2.75, 3.05) is 0 Å². The van der Waals surface area contributed by atoms with Gasteiger partial charge in [-0.05, 0) is 19.3 Å². The molecule has 0 aromatic carbocycles. The highest BCUT2D eigenvalue weighted by atomic mass is 16.6. The zero-order chi connectivity index (χ0) is 9.97. The standard InChI is InChI=1S/C11H18O3/c1-2-3-4-5-10(12)13-8-6-7-9-11(8)14-9/h8-9,11H,2-7H2,1H3. The predicted octanol–water partition coefficient (Wildman–Crippen LogP) is 2.04. The minimum absolute atomic E-state index is 0.0420. The van der Waals surface area contributed by atoms with Crippen molar-refractivity contribution in [1.82, 2.24) is 0 Å². The minimum Gasteiger partial charge on any atom is -0.459 e. The summed E-state index contributed by atoms with van der Waals surface area (Å²) < 4.78 is 10.7. The fourth-order valence-corrected chi connectivity index (χ4v) is 2.08. The van der Waals surface area contributed by atoms with Crippen LogP contribution in [0.25, 0.3) is 0 Å². The van der Waals surface area contributed by atoms with Crippen molar-refractivity contribution in [1.29, 1.82) is 0 Å². The molecule has 3 unspecified atom stereocenters. The summed E-state index contributed by atoms with van der Waals surface area (Å²) in [5, 5.41) is 0. The third kappa shape index (κ3) is 2.27. The van der Waals surface area contributed by atoms with Crippen LogP contribution in [0, 0.1) is 0 Å². The predicted molar refractivity (Wildman–Crippen MR) is 51.9 cm³/mol. The van der Waals surface area contributed by atoms with Crippen LogP contribution in [-0.4, -0.2) is 24.3 Å².